The summed E-state index contributed by atoms with van der Waals surface area (Å²) < 4.78 is 6.63. The molecule has 3 aromatic carbocycles. The molecule has 2 N–H and O–H groups in total. The molecule has 0 aliphatic carbocycles. The van der Waals surface area contributed by atoms with E-state index in [0.717, 1.165) is 0 Å². The number of ether oxygens (including phenoxy) is 1. The molecular weight excluding hydrogens is 472 g/mol. The van der Waals surface area contributed by atoms with Crippen molar-refractivity contribution in [1.82, 2.24) is 14.8 Å². The first-order chi connectivity index (χ1) is 17.9. The van der Waals surface area contributed by atoms with Crippen LogP contribution in [0.15, 0.2) is 77.6 Å². The lowest BCUT2D eigenvalue weighted by Crippen LogP contribution is -2.56. The van der Waals surface area contributed by atoms with Crippen LogP contribution in [0.4, 0.5) is 17.1 Å². The van der Waals surface area contributed by atoms with E-state index in [1.807, 2.05) is 36.4 Å². The maximum Gasteiger partial charge on any atom is 0.294 e. The van der Waals surface area contributed by atoms with Crippen molar-refractivity contribution in [1.29, 1.82) is 0 Å². The van der Waals surface area contributed by atoms with Gasteiger partial charge in [-0.3, -0.25) is 19.3 Å². The topological polar surface area (TPSA) is 118 Å². The zero-order chi connectivity index (χ0) is 25.7. The molecule has 10 heteroatoms. The maximum absolute atomic E-state index is 14.3. The summed E-state index contributed by atoms with van der Waals surface area (Å²) in [6, 6.07) is 21.4. The van der Waals surface area contributed by atoms with Crippen LogP contribution in [0.25, 0.3) is 11.4 Å². The number of aryl methyl sites for hydroxylation is 1. The smallest absolute Gasteiger partial charge is 0.294 e. The number of aromatic nitrogens is 3. The Morgan fingerprint density at radius 3 is 2.54 bits per heavy atom. The lowest BCUT2D eigenvalue weighted by Gasteiger charge is -2.37. The second-order valence-corrected chi connectivity index (χ2v) is 8.80. The molecule has 0 saturated carbocycles. The van der Waals surface area contributed by atoms with Gasteiger partial charge in [0.2, 0.25) is 11.6 Å². The van der Waals surface area contributed by atoms with Crippen LogP contribution >= 0.6 is 0 Å². The van der Waals surface area contributed by atoms with Gasteiger partial charge < -0.3 is 15.4 Å². The van der Waals surface area contributed by atoms with Gasteiger partial charge in [-0.15, -0.1) is 0 Å². The third-order valence-corrected chi connectivity index (χ3v) is 6.58. The molecule has 1 aromatic heterocycles. The van der Waals surface area contributed by atoms with Crippen molar-refractivity contribution < 1.29 is 14.3 Å². The molecule has 4 aromatic rings. The Hall–Kier alpha value is -4.99. The van der Waals surface area contributed by atoms with Crippen molar-refractivity contribution in [2.24, 2.45) is 0 Å². The molecule has 184 valence electrons. The Balaban J connectivity index is 1.44. The number of benzene rings is 3. The lowest BCUT2D eigenvalue weighted by atomic mass is 9.96. The highest BCUT2D eigenvalue weighted by atomic mass is 16.5. The molecule has 0 saturated heterocycles. The van der Waals surface area contributed by atoms with Crippen LogP contribution in [-0.4, -0.2) is 40.2 Å². The van der Waals surface area contributed by atoms with Gasteiger partial charge >= 0.3 is 0 Å². The molecule has 0 bridgehead atoms. The summed E-state index contributed by atoms with van der Waals surface area (Å²) in [5.41, 5.74) is 1.20. The van der Waals surface area contributed by atoms with Crippen molar-refractivity contribution in [2.75, 3.05) is 29.2 Å². The van der Waals surface area contributed by atoms with Crippen LogP contribution < -0.4 is 25.8 Å². The van der Waals surface area contributed by atoms with Crippen LogP contribution in [0, 0.1) is 6.92 Å². The lowest BCUT2D eigenvalue weighted by molar-refractivity contribution is -0.125. The Kier molecular flexibility index (Phi) is 5.04. The number of hydrogen-bond donors (Lipinski definition) is 2. The fourth-order valence-corrected chi connectivity index (χ4v) is 4.84. The number of rotatable bonds is 4. The van der Waals surface area contributed by atoms with Gasteiger partial charge in [0.25, 0.3) is 11.5 Å². The molecule has 37 heavy (non-hydrogen) atoms. The van der Waals surface area contributed by atoms with Gasteiger partial charge in [0.05, 0.1) is 12.8 Å². The minimum absolute atomic E-state index is 0.158. The van der Waals surface area contributed by atoms with Crippen molar-refractivity contribution in [3.8, 4) is 17.1 Å². The number of fused-ring (bicyclic) bond motifs is 6. The fourth-order valence-electron chi connectivity index (χ4n) is 4.84. The zero-order valence-corrected chi connectivity index (χ0v) is 20.1. The second kappa shape index (κ2) is 8.30. The van der Waals surface area contributed by atoms with Gasteiger partial charge in [-0.2, -0.15) is 10.1 Å². The summed E-state index contributed by atoms with van der Waals surface area (Å²) in [6.07, 6.45) is 0. The summed E-state index contributed by atoms with van der Waals surface area (Å²) in [6.45, 7) is 1.33. The molecule has 2 aliphatic heterocycles. The average Bonchev–Trinajstić information content (AvgIpc) is 3.13. The van der Waals surface area contributed by atoms with Crippen LogP contribution in [-0.2, 0) is 15.3 Å². The Morgan fingerprint density at radius 1 is 1.03 bits per heavy atom. The quantitative estimate of drug-likeness (QED) is 0.448. The predicted octanol–water partition coefficient (Wildman–Crippen LogP) is 2.73. The van der Waals surface area contributed by atoms with Gasteiger partial charge in [0, 0.05) is 22.5 Å². The number of hydrogen-bond acceptors (Lipinski definition) is 7. The van der Waals surface area contributed by atoms with Gasteiger partial charge in [0.15, 0.2) is 5.82 Å². The highest BCUT2D eigenvalue weighted by Crippen LogP contribution is 2.48. The summed E-state index contributed by atoms with van der Waals surface area (Å²) in [4.78, 5) is 45.5. The molecular formula is C27H22N6O4. The van der Waals surface area contributed by atoms with Crippen molar-refractivity contribution >= 4 is 28.9 Å². The van der Waals surface area contributed by atoms with E-state index in [2.05, 4.69) is 20.7 Å². The Bertz CT molecular complexity index is 1630. The predicted molar refractivity (Wildman–Crippen MR) is 138 cm³/mol. The maximum atomic E-state index is 14.3. The molecule has 1 spiro atoms. The number of carbonyl (C=O) groups excluding carboxylic acids is 2. The van der Waals surface area contributed by atoms with Crippen LogP contribution in [0.3, 0.4) is 0 Å². The minimum atomic E-state index is -1.52. The van der Waals surface area contributed by atoms with E-state index in [1.54, 1.807) is 50.4 Å². The molecule has 1 unspecified atom stereocenters. The van der Waals surface area contributed by atoms with E-state index in [9.17, 15) is 14.4 Å². The zero-order valence-electron chi connectivity index (χ0n) is 20.1. The number of methoxy groups -OCH3 is 1. The van der Waals surface area contributed by atoms with Gasteiger partial charge in [-0.25, -0.2) is 4.68 Å². The standard InChI is InChI=1S/C27H22N6O4/c1-16-25(35)29-24-19-7-3-5-9-21(19)30-27(33(24)31-16)20-8-4-6-10-22(20)32(26(27)36)15-23(34)28-17-11-13-18(37-2)14-12-17/h3-14,30H,15H2,1-2H3,(H,28,34). The van der Waals surface area contributed by atoms with Crippen LogP contribution in [0.2, 0.25) is 0 Å². The third-order valence-electron chi connectivity index (χ3n) is 6.58. The van der Waals surface area contributed by atoms with E-state index in [-0.39, 0.29) is 24.0 Å². The van der Waals surface area contributed by atoms with Gasteiger partial charge in [0.1, 0.15) is 18.0 Å². The first kappa shape index (κ1) is 22.5. The summed E-state index contributed by atoms with van der Waals surface area (Å²) in [5.74, 6) is 0.161. The first-order valence-electron chi connectivity index (χ1n) is 11.6. The molecule has 6 rings (SSSR count). The molecule has 0 fully saturated rings. The summed E-state index contributed by atoms with van der Waals surface area (Å²) >= 11 is 0. The van der Waals surface area contributed by atoms with Crippen LogP contribution in [0.1, 0.15) is 11.3 Å². The number of nitrogens with zero attached hydrogens (tertiary/aromatic N) is 4. The molecule has 3 heterocycles. The SMILES string of the molecule is COc1ccc(NC(=O)CN2C(=O)C3(Nc4ccccc4-c4nc(=O)c(C)nn43)c3ccccc32)cc1. The number of anilines is 3. The number of para-hydroxylation sites is 2. The average molecular weight is 495 g/mol. The second-order valence-electron chi connectivity index (χ2n) is 8.80. The van der Waals surface area contributed by atoms with Crippen molar-refractivity contribution in [2.45, 2.75) is 12.6 Å². The largest absolute Gasteiger partial charge is 0.497 e. The molecule has 10 nitrogen and oxygen atoms in total. The Labute approximate surface area is 211 Å². The summed E-state index contributed by atoms with van der Waals surface area (Å²) in [5, 5.41) is 10.7. The Morgan fingerprint density at radius 2 is 1.76 bits per heavy atom. The van der Waals surface area contributed by atoms with Crippen molar-refractivity contribution in [3.63, 3.8) is 0 Å². The number of carbonyl (C=O) groups is 2. The normalized spacial score (nSPS) is 17.0. The van der Waals surface area contributed by atoms with Crippen LogP contribution in [0.5, 0.6) is 5.75 Å². The highest BCUT2D eigenvalue weighted by Gasteiger charge is 2.56. The minimum Gasteiger partial charge on any atom is -0.497 e. The molecule has 1 atom stereocenters. The van der Waals surface area contributed by atoms with E-state index in [0.29, 0.717) is 33.9 Å². The van der Waals surface area contributed by atoms with E-state index >= 15 is 0 Å². The number of nitrogens with one attached hydrogen (secondary N) is 2. The fraction of sp³-hybridized carbons (Fsp3) is 0.148. The molecule has 2 aliphatic rings. The molecule has 2 amide bonds. The van der Waals surface area contributed by atoms with Crippen molar-refractivity contribution in [3.05, 3.63) is 94.4 Å². The first-order valence-corrected chi connectivity index (χ1v) is 11.6. The summed E-state index contributed by atoms with van der Waals surface area (Å²) in [7, 11) is 1.57. The number of amides is 2. The highest BCUT2D eigenvalue weighted by molar-refractivity contribution is 6.13. The van der Waals surface area contributed by atoms with E-state index < -0.39 is 17.1 Å². The molecule has 0 radical (unpaired) electrons. The van der Waals surface area contributed by atoms with E-state index in [4.69, 9.17) is 4.74 Å². The third kappa shape index (κ3) is 3.37. The van der Waals surface area contributed by atoms with Gasteiger partial charge in [-0.05, 0) is 49.4 Å². The van der Waals surface area contributed by atoms with Gasteiger partial charge in [-0.1, -0.05) is 30.3 Å². The van der Waals surface area contributed by atoms with E-state index in [1.165, 1.54) is 9.58 Å². The monoisotopic (exact) mass is 494 g/mol.